The van der Waals surface area contributed by atoms with Gasteiger partial charge in [-0.2, -0.15) is 0 Å². The van der Waals surface area contributed by atoms with Crippen LogP contribution in [0.3, 0.4) is 0 Å². The average Bonchev–Trinajstić information content (AvgIpc) is 3.11. The molecule has 0 saturated heterocycles. The van der Waals surface area contributed by atoms with E-state index in [-0.39, 0.29) is 11.7 Å². The molecule has 0 bridgehead atoms. The molecule has 0 N–H and O–H groups in total. The number of rotatable bonds is 7. The molecule has 1 aliphatic carbocycles. The summed E-state index contributed by atoms with van der Waals surface area (Å²) in [5.41, 5.74) is 1.10. The van der Waals surface area contributed by atoms with Crippen LogP contribution in [0.4, 0.5) is 0 Å². The molecule has 2 rings (SSSR count). The van der Waals surface area contributed by atoms with E-state index in [1.165, 1.54) is 0 Å². The van der Waals surface area contributed by atoms with Crippen LogP contribution in [0.2, 0.25) is 0 Å². The maximum absolute atomic E-state index is 11.1. The molecule has 1 aromatic rings. The highest BCUT2D eigenvalue weighted by atomic mass is 35.7. The van der Waals surface area contributed by atoms with Crippen LogP contribution >= 0.6 is 10.7 Å². The van der Waals surface area contributed by atoms with Gasteiger partial charge in [-0.25, -0.2) is 8.42 Å². The van der Waals surface area contributed by atoms with Crippen LogP contribution in [0.1, 0.15) is 18.4 Å². The molecule has 0 amide bonds. The summed E-state index contributed by atoms with van der Waals surface area (Å²) in [5.74, 6) is 0.527. The molecule has 18 heavy (non-hydrogen) atoms. The maximum Gasteiger partial charge on any atom is 0.232 e. The summed E-state index contributed by atoms with van der Waals surface area (Å²) < 4.78 is 27.8. The second kappa shape index (κ2) is 6.04. The summed E-state index contributed by atoms with van der Waals surface area (Å²) >= 11 is 0. The lowest BCUT2D eigenvalue weighted by Crippen LogP contribution is -2.20. The van der Waals surface area contributed by atoms with Crippen LogP contribution in [-0.2, 0) is 20.4 Å². The van der Waals surface area contributed by atoms with Crippen molar-refractivity contribution in [2.75, 3.05) is 12.4 Å². The number of halogens is 1. The summed E-state index contributed by atoms with van der Waals surface area (Å²) in [6, 6.07) is 9.85. The van der Waals surface area contributed by atoms with E-state index in [4.69, 9.17) is 15.4 Å². The zero-order chi connectivity index (χ0) is 13.0. The first-order valence-electron chi connectivity index (χ1n) is 6.08. The van der Waals surface area contributed by atoms with Gasteiger partial charge in [0, 0.05) is 16.6 Å². The molecule has 100 valence electrons. The molecule has 1 aliphatic rings. The van der Waals surface area contributed by atoms with Crippen molar-refractivity contribution in [3.63, 3.8) is 0 Å². The van der Waals surface area contributed by atoms with Crippen molar-refractivity contribution in [2.45, 2.75) is 19.4 Å². The van der Waals surface area contributed by atoms with Gasteiger partial charge in [0.05, 0.1) is 19.0 Å². The largest absolute Gasteiger partial charge is 0.376 e. The smallest absolute Gasteiger partial charge is 0.232 e. The highest BCUT2D eigenvalue weighted by Crippen LogP contribution is 2.38. The van der Waals surface area contributed by atoms with Crippen molar-refractivity contribution < 1.29 is 13.2 Å². The number of hydrogen-bond acceptors (Lipinski definition) is 3. The lowest BCUT2D eigenvalue weighted by atomic mass is 10.1. The molecule has 0 radical (unpaired) electrons. The van der Waals surface area contributed by atoms with Gasteiger partial charge in [-0.05, 0) is 24.3 Å². The van der Waals surface area contributed by atoms with Crippen LogP contribution in [0.15, 0.2) is 30.3 Å². The molecule has 1 atom stereocenters. The molecule has 1 fully saturated rings. The van der Waals surface area contributed by atoms with E-state index in [0.29, 0.717) is 19.1 Å². The topological polar surface area (TPSA) is 43.4 Å². The minimum Gasteiger partial charge on any atom is -0.376 e. The summed E-state index contributed by atoms with van der Waals surface area (Å²) in [5, 5.41) is 0. The molecule has 1 saturated carbocycles. The van der Waals surface area contributed by atoms with Gasteiger partial charge in [0.2, 0.25) is 9.05 Å². The number of ether oxygens (including phenoxy) is 1. The third kappa shape index (κ3) is 4.96. The summed E-state index contributed by atoms with van der Waals surface area (Å²) in [6.07, 6.45) is 2.18. The second-order valence-corrected chi connectivity index (χ2v) is 7.63. The van der Waals surface area contributed by atoms with E-state index in [1.54, 1.807) is 0 Å². The molecule has 1 aromatic carbocycles. The number of benzene rings is 1. The van der Waals surface area contributed by atoms with Gasteiger partial charge in [-0.3, -0.25) is 0 Å². The minimum atomic E-state index is -3.43. The third-order valence-electron chi connectivity index (χ3n) is 3.15. The van der Waals surface area contributed by atoms with Gasteiger partial charge < -0.3 is 4.74 Å². The standard InChI is InChI=1S/C13H17ClO3S/c14-18(15,16)10-13(12-6-7-12)9-17-8-11-4-2-1-3-5-11/h1-5,12-13H,6-10H2. The van der Waals surface area contributed by atoms with Crippen LogP contribution in [0.25, 0.3) is 0 Å². The molecule has 3 nitrogen and oxygen atoms in total. The predicted octanol–water partition coefficient (Wildman–Crippen LogP) is 2.80. The normalized spacial score (nSPS) is 17.6. The Kier molecular flexibility index (Phi) is 4.65. The first-order chi connectivity index (χ1) is 8.54. The molecule has 1 unspecified atom stereocenters. The Balaban J connectivity index is 1.80. The molecular weight excluding hydrogens is 272 g/mol. The highest BCUT2D eigenvalue weighted by molar-refractivity contribution is 8.13. The van der Waals surface area contributed by atoms with Crippen molar-refractivity contribution in [2.24, 2.45) is 11.8 Å². The molecule has 5 heteroatoms. The van der Waals surface area contributed by atoms with Crippen LogP contribution in [0, 0.1) is 11.8 Å². The fraction of sp³-hybridized carbons (Fsp3) is 0.538. The van der Waals surface area contributed by atoms with E-state index in [0.717, 1.165) is 18.4 Å². The van der Waals surface area contributed by atoms with Gasteiger partial charge in [-0.15, -0.1) is 0 Å². The molecule has 0 aromatic heterocycles. The Morgan fingerprint density at radius 1 is 1.28 bits per heavy atom. The fourth-order valence-electron chi connectivity index (χ4n) is 2.05. The second-order valence-electron chi connectivity index (χ2n) is 4.80. The van der Waals surface area contributed by atoms with Gasteiger partial charge in [0.15, 0.2) is 0 Å². The SMILES string of the molecule is O=S(=O)(Cl)CC(COCc1ccccc1)C1CC1. The van der Waals surface area contributed by atoms with Crippen molar-refractivity contribution in [1.29, 1.82) is 0 Å². The molecule has 0 heterocycles. The van der Waals surface area contributed by atoms with E-state index in [1.807, 2.05) is 30.3 Å². The van der Waals surface area contributed by atoms with Gasteiger partial charge in [0.25, 0.3) is 0 Å². The van der Waals surface area contributed by atoms with Crippen molar-refractivity contribution in [3.8, 4) is 0 Å². The molecular formula is C13H17ClO3S. The Bertz CT molecular complexity index is 468. The van der Waals surface area contributed by atoms with Crippen molar-refractivity contribution in [3.05, 3.63) is 35.9 Å². The summed E-state index contributed by atoms with van der Waals surface area (Å²) in [4.78, 5) is 0. The summed E-state index contributed by atoms with van der Waals surface area (Å²) in [7, 11) is 1.88. The Hall–Kier alpha value is -0.580. The Labute approximate surface area is 113 Å². The van der Waals surface area contributed by atoms with Crippen LogP contribution in [0.5, 0.6) is 0 Å². The lowest BCUT2D eigenvalue weighted by molar-refractivity contribution is 0.0867. The van der Waals surface area contributed by atoms with Gasteiger partial charge >= 0.3 is 0 Å². The van der Waals surface area contributed by atoms with E-state index in [2.05, 4.69) is 0 Å². The Morgan fingerprint density at radius 3 is 2.50 bits per heavy atom. The van der Waals surface area contributed by atoms with E-state index >= 15 is 0 Å². The van der Waals surface area contributed by atoms with E-state index < -0.39 is 9.05 Å². The third-order valence-corrected chi connectivity index (χ3v) is 4.35. The van der Waals surface area contributed by atoms with E-state index in [9.17, 15) is 8.42 Å². The molecule has 0 spiro atoms. The lowest BCUT2D eigenvalue weighted by Gasteiger charge is -2.14. The van der Waals surface area contributed by atoms with Gasteiger partial charge in [0.1, 0.15) is 0 Å². The maximum atomic E-state index is 11.1. The highest BCUT2D eigenvalue weighted by Gasteiger charge is 2.34. The zero-order valence-corrected chi connectivity index (χ0v) is 11.7. The molecule has 0 aliphatic heterocycles. The van der Waals surface area contributed by atoms with Crippen molar-refractivity contribution in [1.82, 2.24) is 0 Å². The van der Waals surface area contributed by atoms with Crippen molar-refractivity contribution >= 4 is 19.7 Å². The van der Waals surface area contributed by atoms with Gasteiger partial charge in [-0.1, -0.05) is 30.3 Å². The van der Waals surface area contributed by atoms with Crippen LogP contribution < -0.4 is 0 Å². The number of hydrogen-bond donors (Lipinski definition) is 0. The Morgan fingerprint density at radius 2 is 1.94 bits per heavy atom. The average molecular weight is 289 g/mol. The first kappa shape index (κ1) is 13.8. The quantitative estimate of drug-likeness (QED) is 0.725. The predicted molar refractivity (Wildman–Crippen MR) is 72.0 cm³/mol. The van der Waals surface area contributed by atoms with Crippen LogP contribution in [-0.4, -0.2) is 20.8 Å². The zero-order valence-electron chi connectivity index (χ0n) is 10.1. The minimum absolute atomic E-state index is 0.0218. The monoisotopic (exact) mass is 288 g/mol. The first-order valence-corrected chi connectivity index (χ1v) is 8.56. The fourth-order valence-corrected chi connectivity index (χ4v) is 3.41. The summed E-state index contributed by atoms with van der Waals surface area (Å²) in [6.45, 7) is 0.984.